The molecule has 4 amide bonds. The Morgan fingerprint density at radius 1 is 0.709 bits per heavy atom. The summed E-state index contributed by atoms with van der Waals surface area (Å²) in [5.41, 5.74) is 7.58. The zero-order valence-corrected chi connectivity index (χ0v) is 30.4. The van der Waals surface area contributed by atoms with E-state index >= 15 is 0 Å². The third kappa shape index (κ3) is 6.29. The van der Waals surface area contributed by atoms with Crippen molar-refractivity contribution >= 4 is 46.1 Å². The van der Waals surface area contributed by atoms with E-state index in [4.69, 9.17) is 9.47 Å². The van der Waals surface area contributed by atoms with Crippen molar-refractivity contribution in [2.75, 3.05) is 30.0 Å². The van der Waals surface area contributed by atoms with E-state index in [1.807, 2.05) is 72.8 Å². The van der Waals surface area contributed by atoms with Crippen molar-refractivity contribution in [1.82, 2.24) is 5.32 Å². The van der Waals surface area contributed by atoms with E-state index in [1.54, 1.807) is 25.3 Å². The molecular formula is C47H39N3O5. The monoisotopic (exact) mass is 725 g/mol. The van der Waals surface area contributed by atoms with Gasteiger partial charge in [-0.25, -0.2) is 9.69 Å². The van der Waals surface area contributed by atoms with Crippen LogP contribution in [-0.2, 0) is 16.2 Å². The lowest BCUT2D eigenvalue weighted by Crippen LogP contribution is -2.54. The van der Waals surface area contributed by atoms with Crippen molar-refractivity contribution in [2.24, 2.45) is 0 Å². The molecule has 6 aromatic carbocycles. The zero-order chi connectivity index (χ0) is 37.5. The minimum Gasteiger partial charge on any atom is -0.493 e. The first kappa shape index (κ1) is 34.1. The summed E-state index contributed by atoms with van der Waals surface area (Å²) in [7, 11) is 1.55. The molecule has 1 N–H and O–H groups in total. The number of carbonyl (C=O) groups excluding carboxylic acids is 3. The number of imide groups is 2. The Morgan fingerprint density at radius 3 is 2.02 bits per heavy atom. The van der Waals surface area contributed by atoms with Gasteiger partial charge in [-0.05, 0) is 87.3 Å². The van der Waals surface area contributed by atoms with Crippen LogP contribution in [0.1, 0.15) is 58.1 Å². The van der Waals surface area contributed by atoms with Crippen LogP contribution in [0.5, 0.6) is 11.5 Å². The number of anilines is 2. The number of methoxy groups -OCH3 is 1. The minimum atomic E-state index is -0.773. The van der Waals surface area contributed by atoms with Gasteiger partial charge in [0, 0.05) is 30.6 Å². The van der Waals surface area contributed by atoms with E-state index < -0.39 is 17.8 Å². The molecule has 8 heteroatoms. The van der Waals surface area contributed by atoms with Gasteiger partial charge in [0.05, 0.1) is 12.8 Å². The van der Waals surface area contributed by atoms with Crippen molar-refractivity contribution in [2.45, 2.75) is 31.3 Å². The summed E-state index contributed by atoms with van der Waals surface area (Å²) in [5, 5.41) is 4.68. The molecule has 0 saturated carbocycles. The lowest BCUT2D eigenvalue weighted by Gasteiger charge is -2.44. The standard InChI is InChI=1S/C47H39N3O5/c1-54-43-26-30(19-20-42(43)55-29-34-17-10-16-31-15-8-9-18-36(31)34)25-41-45(51)48-47(53)50(46(41)52)35-27-39-37(32-11-4-2-5-12-32)21-23-49-24-22-38(40(28-35)44(39)49)33-13-6-3-7-14-33/h2-20,25-28,37-38H,21-24,29H2,1H3,(H,48,51,53)/b41-25+/t37-,38-/m0/s1. The second-order valence-corrected chi connectivity index (χ2v) is 14.3. The number of carbonyl (C=O) groups is 3. The summed E-state index contributed by atoms with van der Waals surface area (Å²) < 4.78 is 11.9. The zero-order valence-electron chi connectivity index (χ0n) is 30.4. The first-order valence-electron chi connectivity index (χ1n) is 18.7. The largest absolute Gasteiger partial charge is 0.493 e. The molecule has 8 nitrogen and oxygen atoms in total. The molecule has 55 heavy (non-hydrogen) atoms. The van der Waals surface area contributed by atoms with Crippen LogP contribution in [0.3, 0.4) is 0 Å². The number of hydrogen-bond acceptors (Lipinski definition) is 6. The van der Waals surface area contributed by atoms with Gasteiger partial charge < -0.3 is 14.4 Å². The molecule has 0 aromatic heterocycles. The molecule has 0 spiro atoms. The van der Waals surface area contributed by atoms with Gasteiger partial charge in [0.2, 0.25) is 0 Å². The maximum atomic E-state index is 14.4. The van der Waals surface area contributed by atoms with Gasteiger partial charge in [0.15, 0.2) is 11.5 Å². The van der Waals surface area contributed by atoms with Gasteiger partial charge in [-0.3, -0.25) is 14.9 Å². The number of urea groups is 1. The number of barbiturate groups is 1. The first-order valence-corrected chi connectivity index (χ1v) is 18.7. The third-order valence-electron chi connectivity index (χ3n) is 11.1. The summed E-state index contributed by atoms with van der Waals surface area (Å²) in [6, 6.07) is 43.5. The minimum absolute atomic E-state index is 0.0779. The lowest BCUT2D eigenvalue weighted by molar-refractivity contribution is -0.122. The second kappa shape index (κ2) is 14.3. The highest BCUT2D eigenvalue weighted by atomic mass is 16.5. The Morgan fingerprint density at radius 2 is 1.35 bits per heavy atom. The summed E-state index contributed by atoms with van der Waals surface area (Å²) in [4.78, 5) is 45.0. The third-order valence-corrected chi connectivity index (χ3v) is 11.1. The predicted octanol–water partition coefficient (Wildman–Crippen LogP) is 8.97. The van der Waals surface area contributed by atoms with Crippen LogP contribution >= 0.6 is 0 Å². The Labute approximate surface area is 319 Å². The molecule has 0 bridgehead atoms. The predicted molar refractivity (Wildman–Crippen MR) is 215 cm³/mol. The van der Waals surface area contributed by atoms with Crippen molar-refractivity contribution in [3.8, 4) is 11.5 Å². The number of nitrogens with one attached hydrogen (secondary N) is 1. The van der Waals surface area contributed by atoms with Crippen molar-refractivity contribution in [3.63, 3.8) is 0 Å². The Hall–Kier alpha value is -6.67. The van der Waals surface area contributed by atoms with Gasteiger partial charge in [-0.1, -0.05) is 109 Å². The SMILES string of the molecule is COc1cc(/C=C2\C(=O)NC(=O)N(c3cc4c5c(c3)[C@H](c3ccccc3)CCN5CC[C@H]4c3ccccc3)C2=O)ccc1OCc1cccc2ccccc12. The van der Waals surface area contributed by atoms with E-state index in [0.29, 0.717) is 29.4 Å². The van der Waals surface area contributed by atoms with E-state index in [9.17, 15) is 14.4 Å². The van der Waals surface area contributed by atoms with Crippen LogP contribution in [0.4, 0.5) is 16.2 Å². The van der Waals surface area contributed by atoms with Crippen LogP contribution in [0.15, 0.2) is 139 Å². The molecule has 3 aliphatic heterocycles. The quantitative estimate of drug-likeness (QED) is 0.125. The molecule has 2 atom stereocenters. The average Bonchev–Trinajstić information content (AvgIpc) is 3.22. The molecule has 272 valence electrons. The topological polar surface area (TPSA) is 88.2 Å². The molecule has 3 aliphatic rings. The van der Waals surface area contributed by atoms with Crippen LogP contribution in [0.2, 0.25) is 0 Å². The van der Waals surface area contributed by atoms with E-state index in [1.165, 1.54) is 22.9 Å². The fraction of sp³-hybridized carbons (Fsp3) is 0.170. The molecule has 1 saturated heterocycles. The molecule has 3 heterocycles. The Kier molecular flexibility index (Phi) is 8.86. The fourth-order valence-corrected chi connectivity index (χ4v) is 8.49. The summed E-state index contributed by atoms with van der Waals surface area (Å²) in [6.07, 6.45) is 3.31. The van der Waals surface area contributed by atoms with Gasteiger partial charge in [-0.2, -0.15) is 0 Å². The Bertz CT molecular complexity index is 2420. The van der Waals surface area contributed by atoms with Gasteiger partial charge in [-0.15, -0.1) is 0 Å². The first-order chi connectivity index (χ1) is 27.0. The number of ether oxygens (including phenoxy) is 2. The molecule has 0 aliphatic carbocycles. The van der Waals surface area contributed by atoms with Crippen LogP contribution < -0.4 is 24.6 Å². The normalized spacial score (nSPS) is 18.6. The number of benzene rings is 6. The molecule has 1 fully saturated rings. The maximum Gasteiger partial charge on any atom is 0.335 e. The number of amides is 4. The van der Waals surface area contributed by atoms with E-state index in [2.05, 4.69) is 52.7 Å². The van der Waals surface area contributed by atoms with Crippen molar-refractivity contribution in [3.05, 3.63) is 172 Å². The summed E-state index contributed by atoms with van der Waals surface area (Å²) >= 11 is 0. The van der Waals surface area contributed by atoms with E-state index in [0.717, 1.165) is 58.3 Å². The number of fused-ring (bicyclic) bond motifs is 1. The Balaban J connectivity index is 1.07. The fourth-order valence-electron chi connectivity index (χ4n) is 8.49. The average molecular weight is 726 g/mol. The van der Waals surface area contributed by atoms with Gasteiger partial charge >= 0.3 is 6.03 Å². The highest BCUT2D eigenvalue weighted by molar-refractivity contribution is 6.39. The molecule has 9 rings (SSSR count). The highest BCUT2D eigenvalue weighted by Crippen LogP contribution is 2.50. The molecule has 6 aromatic rings. The number of rotatable bonds is 8. The smallest absolute Gasteiger partial charge is 0.335 e. The molecule has 0 unspecified atom stereocenters. The summed E-state index contributed by atoms with van der Waals surface area (Å²) in [6.45, 7) is 2.16. The van der Waals surface area contributed by atoms with Crippen LogP contribution in [-0.4, -0.2) is 38.0 Å². The maximum absolute atomic E-state index is 14.4. The molecule has 0 radical (unpaired) electrons. The van der Waals surface area contributed by atoms with Gasteiger partial charge in [0.1, 0.15) is 12.2 Å². The highest BCUT2D eigenvalue weighted by Gasteiger charge is 2.40. The van der Waals surface area contributed by atoms with Crippen molar-refractivity contribution in [1.29, 1.82) is 0 Å². The summed E-state index contributed by atoms with van der Waals surface area (Å²) in [5.74, 6) is -0.318. The molecular weight excluding hydrogens is 687 g/mol. The second-order valence-electron chi connectivity index (χ2n) is 14.3. The van der Waals surface area contributed by atoms with Crippen LogP contribution in [0.25, 0.3) is 16.8 Å². The van der Waals surface area contributed by atoms with Gasteiger partial charge in [0.25, 0.3) is 11.8 Å². The van der Waals surface area contributed by atoms with Crippen LogP contribution in [0, 0.1) is 0 Å². The van der Waals surface area contributed by atoms with E-state index in [-0.39, 0.29) is 17.4 Å². The van der Waals surface area contributed by atoms with Crippen molar-refractivity contribution < 1.29 is 23.9 Å². The number of hydrogen-bond donors (Lipinski definition) is 1. The lowest BCUT2D eigenvalue weighted by atomic mass is 9.76. The number of nitrogens with zero attached hydrogens (tertiary/aromatic N) is 2.